The van der Waals surface area contributed by atoms with Crippen LogP contribution in [0.15, 0.2) is 24.3 Å². The van der Waals surface area contributed by atoms with Crippen molar-refractivity contribution in [2.75, 3.05) is 0 Å². The topological polar surface area (TPSA) is 25.8 Å². The highest BCUT2D eigenvalue weighted by Crippen LogP contribution is 2.40. The molecule has 1 heterocycles. The van der Waals surface area contributed by atoms with Gasteiger partial charge in [-0.15, -0.1) is 0 Å². The minimum Gasteiger partial charge on any atom is -0.166 e. The van der Waals surface area contributed by atoms with E-state index in [1.165, 1.54) is 12.1 Å². The molecule has 0 saturated heterocycles. The summed E-state index contributed by atoms with van der Waals surface area (Å²) >= 11 is 5.86. The van der Waals surface area contributed by atoms with Crippen molar-refractivity contribution in [3.8, 4) is 11.3 Å². The Morgan fingerprint density at radius 2 is 1.82 bits per heavy atom. The molecule has 1 aromatic heterocycles. The Balaban J connectivity index is 2.12. The first-order chi connectivity index (χ1) is 10.2. The number of fused-ring (bicyclic) bond motifs is 1. The Morgan fingerprint density at radius 1 is 1.09 bits per heavy atom. The fraction of sp³-hybridized carbons (Fsp3) is 0.375. The third-order valence-corrected chi connectivity index (χ3v) is 4.07. The van der Waals surface area contributed by atoms with Gasteiger partial charge in [-0.25, -0.2) is 0 Å². The fourth-order valence-electron chi connectivity index (χ4n) is 2.90. The molecule has 0 aliphatic heterocycles. The Morgan fingerprint density at radius 3 is 2.50 bits per heavy atom. The van der Waals surface area contributed by atoms with Gasteiger partial charge in [0.2, 0.25) is 0 Å². The van der Waals surface area contributed by atoms with Crippen molar-refractivity contribution >= 4 is 11.6 Å². The molecule has 0 amide bonds. The zero-order valence-electron chi connectivity index (χ0n) is 12.1. The summed E-state index contributed by atoms with van der Waals surface area (Å²) in [6, 6.07) is 5.22. The van der Waals surface area contributed by atoms with Crippen LogP contribution in [-0.4, -0.2) is 10.2 Å². The largest absolute Gasteiger partial charge is 0.417 e. The molecule has 1 aromatic carbocycles. The highest BCUT2D eigenvalue weighted by molar-refractivity contribution is 6.30. The minimum absolute atomic E-state index is 0.0278. The number of rotatable bonds is 1. The molecule has 0 atom stereocenters. The van der Waals surface area contributed by atoms with Crippen LogP contribution in [0, 0.1) is 5.41 Å². The quantitative estimate of drug-likeness (QED) is 0.741. The molecule has 0 saturated carbocycles. The smallest absolute Gasteiger partial charge is 0.166 e. The third-order valence-electron chi connectivity index (χ3n) is 3.84. The third kappa shape index (κ3) is 2.82. The van der Waals surface area contributed by atoms with E-state index < -0.39 is 11.7 Å². The van der Waals surface area contributed by atoms with Gasteiger partial charge in [0.15, 0.2) is 0 Å². The lowest BCUT2D eigenvalue weighted by Crippen LogP contribution is -2.09. The summed E-state index contributed by atoms with van der Waals surface area (Å²) in [5.41, 5.74) is 1.33. The van der Waals surface area contributed by atoms with Crippen LogP contribution in [0.2, 0.25) is 5.02 Å². The second kappa shape index (κ2) is 4.95. The average Bonchev–Trinajstić information content (AvgIpc) is 2.69. The predicted molar refractivity (Wildman–Crippen MR) is 78.7 cm³/mol. The normalized spacial score (nSPS) is 16.6. The summed E-state index contributed by atoms with van der Waals surface area (Å²) in [7, 11) is 0. The summed E-state index contributed by atoms with van der Waals surface area (Å²) in [6.45, 7) is 4.21. The monoisotopic (exact) mass is 326 g/mol. The van der Waals surface area contributed by atoms with Gasteiger partial charge in [0, 0.05) is 10.6 Å². The molecule has 3 rings (SSSR count). The van der Waals surface area contributed by atoms with Crippen molar-refractivity contribution in [3.63, 3.8) is 0 Å². The zero-order valence-corrected chi connectivity index (χ0v) is 12.9. The summed E-state index contributed by atoms with van der Waals surface area (Å²) in [5, 5.41) is 8.36. The summed E-state index contributed by atoms with van der Waals surface area (Å²) in [5.74, 6) is 0. The number of alkyl halides is 3. The van der Waals surface area contributed by atoms with Crippen molar-refractivity contribution in [3.05, 3.63) is 46.1 Å². The highest BCUT2D eigenvalue weighted by Gasteiger charge is 2.35. The maximum atomic E-state index is 13.2. The lowest BCUT2D eigenvalue weighted by Gasteiger charge is -2.14. The predicted octanol–water partition coefficient (Wildman–Crippen LogP) is 4.94. The molecular weight excluding hydrogens is 313 g/mol. The molecule has 22 heavy (non-hydrogen) atoms. The fourth-order valence-corrected chi connectivity index (χ4v) is 3.07. The van der Waals surface area contributed by atoms with Gasteiger partial charge in [-0.1, -0.05) is 25.4 Å². The van der Waals surface area contributed by atoms with Crippen molar-refractivity contribution < 1.29 is 13.2 Å². The van der Waals surface area contributed by atoms with E-state index in [2.05, 4.69) is 24.0 Å². The van der Waals surface area contributed by atoms with Gasteiger partial charge in [-0.3, -0.25) is 0 Å². The van der Waals surface area contributed by atoms with Crippen LogP contribution in [0.3, 0.4) is 0 Å². The van der Waals surface area contributed by atoms with Crippen LogP contribution < -0.4 is 0 Å². The van der Waals surface area contributed by atoms with Crippen molar-refractivity contribution in [1.82, 2.24) is 10.2 Å². The van der Waals surface area contributed by atoms with Crippen LogP contribution in [0.5, 0.6) is 0 Å². The van der Waals surface area contributed by atoms with Crippen molar-refractivity contribution in [2.45, 2.75) is 32.9 Å². The number of hydrogen-bond acceptors (Lipinski definition) is 2. The number of benzene rings is 1. The van der Waals surface area contributed by atoms with Gasteiger partial charge in [0.25, 0.3) is 0 Å². The van der Waals surface area contributed by atoms with Crippen LogP contribution >= 0.6 is 11.6 Å². The second-order valence-corrected chi connectivity index (χ2v) is 6.84. The number of aromatic nitrogens is 2. The second-order valence-electron chi connectivity index (χ2n) is 6.41. The molecule has 1 aliphatic carbocycles. The Hall–Kier alpha value is -1.62. The molecule has 0 bridgehead atoms. The Bertz CT molecular complexity index is 739. The van der Waals surface area contributed by atoms with Gasteiger partial charge < -0.3 is 0 Å². The van der Waals surface area contributed by atoms with Crippen LogP contribution in [0.25, 0.3) is 11.3 Å². The first-order valence-electron chi connectivity index (χ1n) is 6.88. The summed E-state index contributed by atoms with van der Waals surface area (Å²) in [6.07, 6.45) is -2.88. The maximum Gasteiger partial charge on any atom is 0.417 e. The van der Waals surface area contributed by atoms with E-state index in [4.69, 9.17) is 11.6 Å². The summed E-state index contributed by atoms with van der Waals surface area (Å²) in [4.78, 5) is 0. The van der Waals surface area contributed by atoms with E-state index >= 15 is 0 Å². The van der Waals surface area contributed by atoms with Crippen molar-refractivity contribution in [2.24, 2.45) is 5.41 Å². The minimum atomic E-state index is -4.46. The zero-order chi connectivity index (χ0) is 16.1. The molecule has 0 spiro atoms. The Labute approximate surface area is 131 Å². The van der Waals surface area contributed by atoms with E-state index in [9.17, 15) is 13.2 Å². The van der Waals surface area contributed by atoms with Gasteiger partial charge in [-0.05, 0) is 48.1 Å². The van der Waals surface area contributed by atoms with Gasteiger partial charge in [-0.2, -0.15) is 23.4 Å². The highest BCUT2D eigenvalue weighted by atomic mass is 35.5. The molecule has 2 nitrogen and oxygen atoms in total. The van der Waals surface area contributed by atoms with Crippen molar-refractivity contribution in [1.29, 1.82) is 0 Å². The molecule has 0 fully saturated rings. The standard InChI is InChI=1S/C16H14ClF3N2/c1-15(2)7-9-5-13(21-22-14(9)8-15)11-6-10(17)3-4-12(11)16(18,19)20/h3-6H,7-8H2,1-2H3. The van der Waals surface area contributed by atoms with Gasteiger partial charge >= 0.3 is 6.18 Å². The molecular formula is C16H14ClF3N2. The molecule has 6 heteroatoms. The molecule has 116 valence electrons. The lowest BCUT2D eigenvalue weighted by molar-refractivity contribution is -0.137. The van der Waals surface area contributed by atoms with Gasteiger partial charge in [0.1, 0.15) is 0 Å². The van der Waals surface area contributed by atoms with Gasteiger partial charge in [0.05, 0.1) is 17.0 Å². The SMILES string of the molecule is CC1(C)Cc2cc(-c3cc(Cl)ccc3C(F)(F)F)nnc2C1. The first-order valence-corrected chi connectivity index (χ1v) is 7.26. The molecule has 2 aromatic rings. The first kappa shape index (κ1) is 15.3. The Kier molecular flexibility index (Phi) is 3.44. The molecule has 1 aliphatic rings. The molecule has 0 N–H and O–H groups in total. The van der Waals surface area contributed by atoms with E-state index in [0.717, 1.165) is 30.2 Å². The number of hydrogen-bond donors (Lipinski definition) is 0. The lowest BCUT2D eigenvalue weighted by atomic mass is 9.90. The maximum absolute atomic E-state index is 13.2. The average molecular weight is 327 g/mol. The molecule has 0 unspecified atom stereocenters. The van der Waals surface area contributed by atoms with Crippen LogP contribution in [0.1, 0.15) is 30.7 Å². The van der Waals surface area contributed by atoms with E-state index in [-0.39, 0.29) is 21.7 Å². The summed E-state index contributed by atoms with van der Waals surface area (Å²) < 4.78 is 39.5. The number of nitrogens with zero attached hydrogens (tertiary/aromatic N) is 2. The van der Waals surface area contributed by atoms with E-state index in [0.29, 0.717) is 0 Å². The number of halogens is 4. The van der Waals surface area contributed by atoms with Crippen LogP contribution in [0.4, 0.5) is 13.2 Å². The van der Waals surface area contributed by atoms with E-state index in [1.54, 1.807) is 6.07 Å². The molecule has 0 radical (unpaired) electrons. The van der Waals surface area contributed by atoms with E-state index in [1.807, 2.05) is 0 Å². The van der Waals surface area contributed by atoms with Crippen LogP contribution in [-0.2, 0) is 19.0 Å².